The normalized spacial score (nSPS) is 19.6. The Morgan fingerprint density at radius 3 is 2.47 bits per heavy atom. The first-order valence-corrected chi connectivity index (χ1v) is 8.00. The van der Waals surface area contributed by atoms with Gasteiger partial charge in [0.25, 0.3) is 0 Å². The number of nitriles is 1. The van der Waals surface area contributed by atoms with Crippen LogP contribution in [-0.4, -0.2) is 10.3 Å². The summed E-state index contributed by atoms with van der Waals surface area (Å²) in [7, 11) is -1.30. The lowest BCUT2D eigenvalue weighted by molar-refractivity contribution is 0.326. The second-order valence-electron chi connectivity index (χ2n) is 5.20. The predicted molar refractivity (Wildman–Crippen MR) is 76.7 cm³/mol. The SMILES string of the molecule is Cc1ccc([S@](=O)N[C@@H](C#N)C2CCCCC2)cc1. The van der Waals surface area contributed by atoms with E-state index >= 15 is 0 Å². The van der Waals surface area contributed by atoms with Crippen LogP contribution in [0.3, 0.4) is 0 Å². The van der Waals surface area contributed by atoms with Crippen molar-refractivity contribution in [3.05, 3.63) is 29.8 Å². The molecule has 1 aromatic carbocycles. The molecule has 1 fully saturated rings. The third kappa shape index (κ3) is 3.89. The number of benzene rings is 1. The summed E-state index contributed by atoms with van der Waals surface area (Å²) in [6.07, 6.45) is 5.76. The van der Waals surface area contributed by atoms with Crippen LogP contribution in [0, 0.1) is 24.2 Å². The second-order valence-corrected chi connectivity index (χ2v) is 6.45. The molecular formula is C15H20N2OS. The molecule has 0 amide bonds. The Morgan fingerprint density at radius 2 is 1.89 bits per heavy atom. The van der Waals surface area contributed by atoms with Crippen LogP contribution in [0.4, 0.5) is 0 Å². The van der Waals surface area contributed by atoms with Crippen molar-refractivity contribution < 1.29 is 4.21 Å². The van der Waals surface area contributed by atoms with E-state index < -0.39 is 11.0 Å². The lowest BCUT2D eigenvalue weighted by atomic mass is 9.85. The van der Waals surface area contributed by atoms with E-state index in [0.717, 1.165) is 23.3 Å². The zero-order valence-electron chi connectivity index (χ0n) is 11.3. The maximum absolute atomic E-state index is 12.2. The average Bonchev–Trinajstić information content (AvgIpc) is 2.46. The van der Waals surface area contributed by atoms with Gasteiger partial charge in [0, 0.05) is 0 Å². The van der Waals surface area contributed by atoms with Crippen LogP contribution in [0.15, 0.2) is 29.2 Å². The Bertz CT molecular complexity index is 472. The Labute approximate surface area is 117 Å². The van der Waals surface area contributed by atoms with Crippen molar-refractivity contribution in [2.75, 3.05) is 0 Å². The standard InChI is InChI=1S/C15H20N2OS/c1-12-7-9-14(10-8-12)19(18)17-15(11-16)13-5-3-2-4-6-13/h7-10,13,15,17H,2-6H2,1H3/t15-,19-/m0/s1. The molecule has 0 bridgehead atoms. The highest BCUT2D eigenvalue weighted by Gasteiger charge is 2.25. The molecule has 0 aromatic heterocycles. The van der Waals surface area contributed by atoms with Crippen LogP contribution in [0.5, 0.6) is 0 Å². The van der Waals surface area contributed by atoms with Gasteiger partial charge in [0.2, 0.25) is 0 Å². The van der Waals surface area contributed by atoms with Gasteiger partial charge in [-0.05, 0) is 37.8 Å². The number of hydrogen-bond acceptors (Lipinski definition) is 2. The van der Waals surface area contributed by atoms with Crippen molar-refractivity contribution in [3.8, 4) is 6.07 Å². The van der Waals surface area contributed by atoms with Gasteiger partial charge >= 0.3 is 0 Å². The van der Waals surface area contributed by atoms with E-state index in [-0.39, 0.29) is 6.04 Å². The van der Waals surface area contributed by atoms with E-state index in [2.05, 4.69) is 10.8 Å². The van der Waals surface area contributed by atoms with Gasteiger partial charge in [-0.3, -0.25) is 0 Å². The molecule has 0 unspecified atom stereocenters. The minimum atomic E-state index is -1.30. The molecule has 1 aliphatic carbocycles. The van der Waals surface area contributed by atoms with Crippen LogP contribution >= 0.6 is 0 Å². The largest absolute Gasteiger partial charge is 0.237 e. The van der Waals surface area contributed by atoms with Crippen molar-refractivity contribution in [2.45, 2.75) is 50.0 Å². The van der Waals surface area contributed by atoms with Crippen LogP contribution in [0.1, 0.15) is 37.7 Å². The molecule has 1 aliphatic rings. The van der Waals surface area contributed by atoms with E-state index in [4.69, 9.17) is 0 Å². The molecule has 2 atom stereocenters. The van der Waals surface area contributed by atoms with Gasteiger partial charge in [0.15, 0.2) is 0 Å². The van der Waals surface area contributed by atoms with E-state index in [0.29, 0.717) is 5.92 Å². The number of nitrogens with one attached hydrogen (secondary N) is 1. The molecule has 102 valence electrons. The van der Waals surface area contributed by atoms with Crippen molar-refractivity contribution in [2.24, 2.45) is 5.92 Å². The summed E-state index contributed by atoms with van der Waals surface area (Å²) in [6, 6.07) is 9.57. The van der Waals surface area contributed by atoms with Gasteiger partial charge in [-0.2, -0.15) is 5.26 Å². The highest BCUT2D eigenvalue weighted by Crippen LogP contribution is 2.26. The number of hydrogen-bond donors (Lipinski definition) is 1. The molecule has 1 N–H and O–H groups in total. The molecule has 0 saturated heterocycles. The number of aryl methyl sites for hydroxylation is 1. The summed E-state index contributed by atoms with van der Waals surface area (Å²) < 4.78 is 15.2. The third-order valence-corrected chi connectivity index (χ3v) is 4.90. The monoisotopic (exact) mass is 276 g/mol. The quantitative estimate of drug-likeness (QED) is 0.918. The minimum Gasteiger partial charge on any atom is -0.237 e. The Balaban J connectivity index is 1.99. The maximum Gasteiger partial charge on any atom is 0.126 e. The minimum absolute atomic E-state index is 0.303. The zero-order valence-corrected chi connectivity index (χ0v) is 12.1. The van der Waals surface area contributed by atoms with E-state index in [1.165, 1.54) is 19.3 Å². The fourth-order valence-corrected chi connectivity index (χ4v) is 3.54. The predicted octanol–water partition coefficient (Wildman–Crippen LogP) is 3.08. The van der Waals surface area contributed by atoms with Crippen LogP contribution in [0.25, 0.3) is 0 Å². The van der Waals surface area contributed by atoms with Gasteiger partial charge < -0.3 is 0 Å². The van der Waals surface area contributed by atoms with Crippen LogP contribution in [0.2, 0.25) is 0 Å². The molecule has 0 aliphatic heterocycles. The summed E-state index contributed by atoms with van der Waals surface area (Å²) in [5.74, 6) is 0.341. The van der Waals surface area contributed by atoms with Crippen molar-refractivity contribution >= 4 is 11.0 Å². The summed E-state index contributed by atoms with van der Waals surface area (Å²) in [5.41, 5.74) is 1.14. The maximum atomic E-state index is 12.2. The zero-order chi connectivity index (χ0) is 13.7. The van der Waals surface area contributed by atoms with Gasteiger partial charge in [-0.15, -0.1) is 0 Å². The van der Waals surface area contributed by atoms with Crippen molar-refractivity contribution in [3.63, 3.8) is 0 Å². The molecule has 1 saturated carbocycles. The first-order valence-electron chi connectivity index (χ1n) is 6.85. The molecular weight excluding hydrogens is 256 g/mol. The van der Waals surface area contributed by atoms with Crippen LogP contribution in [-0.2, 0) is 11.0 Å². The molecule has 0 spiro atoms. The van der Waals surface area contributed by atoms with Crippen LogP contribution < -0.4 is 4.72 Å². The summed E-state index contributed by atoms with van der Waals surface area (Å²) in [5, 5.41) is 9.27. The lowest BCUT2D eigenvalue weighted by Crippen LogP contribution is -2.37. The topological polar surface area (TPSA) is 52.9 Å². The lowest BCUT2D eigenvalue weighted by Gasteiger charge is -2.25. The summed E-state index contributed by atoms with van der Waals surface area (Å²) in [4.78, 5) is 0.738. The smallest absolute Gasteiger partial charge is 0.126 e. The van der Waals surface area contributed by atoms with Gasteiger partial charge in [0.1, 0.15) is 17.0 Å². The van der Waals surface area contributed by atoms with E-state index in [1.807, 2.05) is 31.2 Å². The van der Waals surface area contributed by atoms with Crippen molar-refractivity contribution in [1.82, 2.24) is 4.72 Å². The molecule has 2 rings (SSSR count). The first kappa shape index (κ1) is 14.2. The molecule has 0 heterocycles. The van der Waals surface area contributed by atoms with Gasteiger partial charge in [-0.1, -0.05) is 37.0 Å². The van der Waals surface area contributed by atoms with Gasteiger partial charge in [0.05, 0.1) is 11.0 Å². The van der Waals surface area contributed by atoms with E-state index in [1.54, 1.807) is 0 Å². The first-order chi connectivity index (χ1) is 9.20. The molecule has 1 aromatic rings. The van der Waals surface area contributed by atoms with E-state index in [9.17, 15) is 9.47 Å². The molecule has 4 heteroatoms. The molecule has 19 heavy (non-hydrogen) atoms. The highest BCUT2D eigenvalue weighted by atomic mass is 32.2. The number of nitrogens with zero attached hydrogens (tertiary/aromatic N) is 1. The Kier molecular flexibility index (Phi) is 5.12. The molecule has 3 nitrogen and oxygen atoms in total. The third-order valence-electron chi connectivity index (χ3n) is 3.73. The Hall–Kier alpha value is -1.18. The summed E-state index contributed by atoms with van der Waals surface area (Å²) in [6.45, 7) is 2.00. The summed E-state index contributed by atoms with van der Waals surface area (Å²) >= 11 is 0. The average molecular weight is 276 g/mol. The van der Waals surface area contributed by atoms with Crippen molar-refractivity contribution in [1.29, 1.82) is 5.26 Å². The Morgan fingerprint density at radius 1 is 1.26 bits per heavy atom. The molecule has 0 radical (unpaired) electrons. The fraction of sp³-hybridized carbons (Fsp3) is 0.533. The number of rotatable bonds is 4. The highest BCUT2D eigenvalue weighted by molar-refractivity contribution is 7.83. The second kappa shape index (κ2) is 6.83. The van der Waals surface area contributed by atoms with Gasteiger partial charge in [-0.25, -0.2) is 8.93 Å². The fourth-order valence-electron chi connectivity index (χ4n) is 2.54.